The molecule has 0 bridgehead atoms. The summed E-state index contributed by atoms with van der Waals surface area (Å²) in [6.07, 6.45) is 5.80. The summed E-state index contributed by atoms with van der Waals surface area (Å²) in [6, 6.07) is 12.2. The molecule has 3 aliphatic heterocycles. The van der Waals surface area contributed by atoms with Gasteiger partial charge in [0.25, 0.3) is 0 Å². The molecule has 3 heterocycles. The molecule has 0 radical (unpaired) electrons. The summed E-state index contributed by atoms with van der Waals surface area (Å²) in [7, 11) is 2.14. The van der Waals surface area contributed by atoms with Crippen molar-refractivity contribution >= 4 is 17.5 Å². The first-order valence-corrected chi connectivity index (χ1v) is 12.6. The van der Waals surface area contributed by atoms with Gasteiger partial charge in [0.1, 0.15) is 0 Å². The van der Waals surface area contributed by atoms with E-state index in [1.54, 1.807) is 0 Å². The lowest BCUT2D eigenvalue weighted by Gasteiger charge is -2.36. The number of nitrogens with zero attached hydrogens (tertiary/aromatic N) is 2. The molecule has 3 aliphatic rings. The van der Waals surface area contributed by atoms with Crippen LogP contribution in [0.2, 0.25) is 0 Å². The van der Waals surface area contributed by atoms with Crippen LogP contribution in [0, 0.1) is 0 Å². The Hall–Kier alpha value is -3.26. The summed E-state index contributed by atoms with van der Waals surface area (Å²) in [4.78, 5) is 29.9. The maximum absolute atomic E-state index is 12.7. The largest absolute Gasteiger partial charge is 0.454 e. The van der Waals surface area contributed by atoms with Gasteiger partial charge < -0.3 is 25.0 Å². The van der Waals surface area contributed by atoms with Crippen molar-refractivity contribution < 1.29 is 19.1 Å². The van der Waals surface area contributed by atoms with Gasteiger partial charge >= 0.3 is 11.8 Å². The zero-order valence-corrected chi connectivity index (χ0v) is 20.3. The molecule has 0 aromatic heterocycles. The number of piperidine rings is 1. The monoisotopic (exact) mass is 478 g/mol. The summed E-state index contributed by atoms with van der Waals surface area (Å²) >= 11 is 0. The summed E-state index contributed by atoms with van der Waals surface area (Å²) in [6.45, 7) is 3.95. The van der Waals surface area contributed by atoms with Crippen LogP contribution in [-0.2, 0) is 22.6 Å². The Kier molecular flexibility index (Phi) is 7.08. The molecule has 0 saturated carbocycles. The van der Waals surface area contributed by atoms with Crippen LogP contribution >= 0.6 is 0 Å². The Balaban J connectivity index is 1.22. The molecule has 5 rings (SSSR count). The van der Waals surface area contributed by atoms with Gasteiger partial charge in [0.05, 0.1) is 6.04 Å². The van der Waals surface area contributed by atoms with E-state index in [1.807, 2.05) is 18.2 Å². The second-order valence-electron chi connectivity index (χ2n) is 9.61. The second-order valence-corrected chi connectivity index (χ2v) is 9.61. The van der Waals surface area contributed by atoms with Gasteiger partial charge in [0, 0.05) is 32.4 Å². The van der Waals surface area contributed by atoms with E-state index in [9.17, 15) is 9.59 Å². The predicted molar refractivity (Wildman–Crippen MR) is 134 cm³/mol. The summed E-state index contributed by atoms with van der Waals surface area (Å²) in [5.74, 6) is 0.106. The van der Waals surface area contributed by atoms with Crippen molar-refractivity contribution in [2.75, 3.05) is 44.9 Å². The molecule has 2 N–H and O–H groups in total. The molecule has 2 aromatic carbocycles. The van der Waals surface area contributed by atoms with E-state index in [4.69, 9.17) is 9.47 Å². The molecular weight excluding hydrogens is 444 g/mol. The molecule has 35 heavy (non-hydrogen) atoms. The Bertz CT molecular complexity index is 1080. The molecule has 186 valence electrons. The number of ether oxygens (including phenoxy) is 2. The van der Waals surface area contributed by atoms with Gasteiger partial charge in [0.15, 0.2) is 11.5 Å². The minimum Gasteiger partial charge on any atom is -0.454 e. The molecule has 0 spiro atoms. The number of hydrogen-bond acceptors (Lipinski definition) is 6. The number of anilines is 1. The number of nitrogens with one attached hydrogen (secondary N) is 2. The average Bonchev–Trinajstić information content (AvgIpc) is 3.36. The van der Waals surface area contributed by atoms with Crippen LogP contribution in [0.1, 0.15) is 48.4 Å². The van der Waals surface area contributed by atoms with E-state index in [2.05, 4.69) is 45.7 Å². The van der Waals surface area contributed by atoms with Gasteiger partial charge in [-0.3, -0.25) is 14.5 Å². The highest BCUT2D eigenvalue weighted by Crippen LogP contribution is 2.33. The SMILES string of the molecule is CN1CCCc2cc([C@H](CNC(=O)C(=O)NCc3ccc4c(c3)OCO4)N3CCCCC3)ccc21. The van der Waals surface area contributed by atoms with Crippen molar-refractivity contribution in [3.05, 3.63) is 53.1 Å². The van der Waals surface area contributed by atoms with Gasteiger partial charge in [-0.25, -0.2) is 0 Å². The van der Waals surface area contributed by atoms with Crippen LogP contribution in [-0.4, -0.2) is 56.7 Å². The van der Waals surface area contributed by atoms with Crippen LogP contribution in [0.25, 0.3) is 0 Å². The minimum absolute atomic E-state index is 0.0541. The third-order valence-electron chi connectivity index (χ3n) is 7.22. The first kappa shape index (κ1) is 23.5. The number of carbonyl (C=O) groups is 2. The highest BCUT2D eigenvalue weighted by molar-refractivity contribution is 6.35. The normalized spacial score (nSPS) is 18.0. The van der Waals surface area contributed by atoms with Gasteiger partial charge in [-0.15, -0.1) is 0 Å². The van der Waals surface area contributed by atoms with E-state index in [1.165, 1.54) is 23.2 Å². The smallest absolute Gasteiger partial charge is 0.309 e. The van der Waals surface area contributed by atoms with E-state index >= 15 is 0 Å². The van der Waals surface area contributed by atoms with Gasteiger partial charge in [-0.05, 0) is 73.7 Å². The number of aryl methyl sites for hydroxylation is 1. The van der Waals surface area contributed by atoms with Gasteiger partial charge in [-0.2, -0.15) is 0 Å². The van der Waals surface area contributed by atoms with Crippen molar-refractivity contribution in [1.29, 1.82) is 0 Å². The lowest BCUT2D eigenvalue weighted by Crippen LogP contribution is -2.45. The number of benzene rings is 2. The fourth-order valence-electron chi connectivity index (χ4n) is 5.28. The third kappa shape index (κ3) is 5.37. The predicted octanol–water partition coefficient (Wildman–Crippen LogP) is 2.76. The maximum atomic E-state index is 12.7. The van der Waals surface area contributed by atoms with Crippen molar-refractivity contribution in [3.8, 4) is 11.5 Å². The minimum atomic E-state index is -0.632. The Morgan fingerprint density at radius 1 is 0.914 bits per heavy atom. The molecule has 8 nitrogen and oxygen atoms in total. The molecule has 1 atom stereocenters. The topological polar surface area (TPSA) is 83.1 Å². The van der Waals surface area contributed by atoms with E-state index in [0.29, 0.717) is 18.0 Å². The molecule has 2 amide bonds. The summed E-state index contributed by atoms with van der Waals surface area (Å²) < 4.78 is 10.7. The van der Waals surface area contributed by atoms with Crippen LogP contribution < -0.4 is 25.0 Å². The fraction of sp³-hybridized carbons (Fsp3) is 0.481. The zero-order valence-electron chi connectivity index (χ0n) is 20.3. The van der Waals surface area contributed by atoms with Crippen molar-refractivity contribution in [2.24, 2.45) is 0 Å². The standard InChI is InChI=1S/C27H34N4O4/c1-30-11-5-6-20-15-21(8-9-22(20)30)23(31-12-3-2-4-13-31)17-29-27(33)26(32)28-16-19-7-10-24-25(14-19)35-18-34-24/h7-10,14-15,23H,2-6,11-13,16-18H2,1H3,(H,28,32)(H,29,33)/t23-/m0/s1. The number of carbonyl (C=O) groups excluding carboxylic acids is 2. The Morgan fingerprint density at radius 2 is 1.71 bits per heavy atom. The van der Waals surface area contributed by atoms with E-state index in [-0.39, 0.29) is 19.4 Å². The van der Waals surface area contributed by atoms with Crippen molar-refractivity contribution in [1.82, 2.24) is 15.5 Å². The lowest BCUT2D eigenvalue weighted by molar-refractivity contribution is -0.139. The molecule has 8 heteroatoms. The first-order valence-electron chi connectivity index (χ1n) is 12.6. The fourth-order valence-corrected chi connectivity index (χ4v) is 5.28. The second kappa shape index (κ2) is 10.6. The molecule has 0 unspecified atom stereocenters. The highest BCUT2D eigenvalue weighted by atomic mass is 16.7. The summed E-state index contributed by atoms with van der Waals surface area (Å²) in [5.41, 5.74) is 4.72. The number of amides is 2. The Labute approximate surface area is 206 Å². The molecule has 2 aromatic rings. The maximum Gasteiger partial charge on any atom is 0.309 e. The van der Waals surface area contributed by atoms with Crippen LogP contribution in [0.3, 0.4) is 0 Å². The number of fused-ring (bicyclic) bond motifs is 2. The number of likely N-dealkylation sites (tertiary alicyclic amines) is 1. The molecule has 1 fully saturated rings. The zero-order chi connectivity index (χ0) is 24.2. The van der Waals surface area contributed by atoms with Gasteiger partial charge in [0.2, 0.25) is 6.79 Å². The number of rotatable bonds is 6. The molecule has 0 aliphatic carbocycles. The highest BCUT2D eigenvalue weighted by Gasteiger charge is 2.26. The van der Waals surface area contributed by atoms with Crippen LogP contribution in [0.15, 0.2) is 36.4 Å². The molecule has 1 saturated heterocycles. The first-order chi connectivity index (χ1) is 17.1. The van der Waals surface area contributed by atoms with Gasteiger partial charge in [-0.1, -0.05) is 24.6 Å². The van der Waals surface area contributed by atoms with Crippen LogP contribution in [0.4, 0.5) is 5.69 Å². The van der Waals surface area contributed by atoms with E-state index in [0.717, 1.165) is 50.9 Å². The third-order valence-corrected chi connectivity index (χ3v) is 7.22. The molecular formula is C27H34N4O4. The van der Waals surface area contributed by atoms with Crippen molar-refractivity contribution in [3.63, 3.8) is 0 Å². The van der Waals surface area contributed by atoms with E-state index < -0.39 is 11.8 Å². The average molecular weight is 479 g/mol. The quantitative estimate of drug-likeness (QED) is 0.622. The van der Waals surface area contributed by atoms with Crippen molar-refractivity contribution in [2.45, 2.75) is 44.7 Å². The number of hydrogen-bond donors (Lipinski definition) is 2. The lowest BCUT2D eigenvalue weighted by atomic mass is 9.95. The van der Waals surface area contributed by atoms with Crippen LogP contribution in [0.5, 0.6) is 11.5 Å². The Morgan fingerprint density at radius 3 is 2.57 bits per heavy atom. The summed E-state index contributed by atoms with van der Waals surface area (Å²) in [5, 5.41) is 5.61.